The fourth-order valence-electron chi connectivity index (χ4n) is 2.88. The van der Waals surface area contributed by atoms with Gasteiger partial charge in [-0.05, 0) is 45.1 Å². The fraction of sp³-hybridized carbons (Fsp3) is 0.867. The lowest BCUT2D eigenvalue weighted by Gasteiger charge is -2.27. The number of nitrogens with one attached hydrogen (secondary N) is 1. The van der Waals surface area contributed by atoms with E-state index in [-0.39, 0.29) is 0 Å². The molecule has 1 aliphatic rings. The molecule has 0 amide bonds. The Kier molecular flexibility index (Phi) is 6.79. The summed E-state index contributed by atoms with van der Waals surface area (Å²) in [5.74, 6) is 0.918. The third-order valence-electron chi connectivity index (χ3n) is 3.82. The van der Waals surface area contributed by atoms with Gasteiger partial charge in [0.15, 0.2) is 0 Å². The van der Waals surface area contributed by atoms with Crippen LogP contribution in [0, 0.1) is 5.92 Å². The maximum absolute atomic E-state index is 4.02. The summed E-state index contributed by atoms with van der Waals surface area (Å²) in [6, 6.07) is 0.736. The first-order valence-electron chi connectivity index (χ1n) is 7.11. The zero-order chi connectivity index (χ0) is 11.8. The first-order valence-corrected chi connectivity index (χ1v) is 7.11. The molecular formula is C15H29N. The first-order chi connectivity index (χ1) is 7.74. The molecule has 0 aromatic carbocycles. The molecule has 0 bridgehead atoms. The standard InChI is InChI=1S/C15H29N/c1-4-16-15(12-11-13(2)3)14-9-7-5-6-8-10-14/h14-16H,2,4-12H2,1,3H3. The van der Waals surface area contributed by atoms with Gasteiger partial charge in [-0.3, -0.25) is 0 Å². The lowest BCUT2D eigenvalue weighted by atomic mass is 9.88. The van der Waals surface area contributed by atoms with E-state index in [1.807, 2.05) is 0 Å². The van der Waals surface area contributed by atoms with Crippen LogP contribution in [-0.4, -0.2) is 12.6 Å². The van der Waals surface area contributed by atoms with Crippen molar-refractivity contribution in [2.45, 2.75) is 71.3 Å². The summed E-state index contributed by atoms with van der Waals surface area (Å²) >= 11 is 0. The zero-order valence-corrected chi connectivity index (χ0v) is 11.2. The van der Waals surface area contributed by atoms with Crippen LogP contribution in [0.5, 0.6) is 0 Å². The maximum atomic E-state index is 4.02. The quantitative estimate of drug-likeness (QED) is 0.523. The zero-order valence-electron chi connectivity index (χ0n) is 11.2. The molecule has 1 fully saturated rings. The van der Waals surface area contributed by atoms with E-state index >= 15 is 0 Å². The highest BCUT2D eigenvalue weighted by Crippen LogP contribution is 2.27. The van der Waals surface area contributed by atoms with Crippen molar-refractivity contribution in [3.8, 4) is 0 Å². The van der Waals surface area contributed by atoms with Crippen LogP contribution in [0.25, 0.3) is 0 Å². The Morgan fingerprint density at radius 2 is 1.88 bits per heavy atom. The summed E-state index contributed by atoms with van der Waals surface area (Å²) in [5.41, 5.74) is 1.33. The smallest absolute Gasteiger partial charge is 0.00982 e. The lowest BCUT2D eigenvalue weighted by Crippen LogP contribution is -2.36. The van der Waals surface area contributed by atoms with Crippen LogP contribution in [0.4, 0.5) is 0 Å². The van der Waals surface area contributed by atoms with Crippen molar-refractivity contribution >= 4 is 0 Å². The lowest BCUT2D eigenvalue weighted by molar-refractivity contribution is 0.308. The Bertz CT molecular complexity index is 190. The largest absolute Gasteiger partial charge is 0.314 e. The topological polar surface area (TPSA) is 12.0 Å². The predicted molar refractivity (Wildman–Crippen MR) is 72.7 cm³/mol. The minimum Gasteiger partial charge on any atom is -0.314 e. The summed E-state index contributed by atoms with van der Waals surface area (Å²) in [6.45, 7) is 9.51. The third kappa shape index (κ3) is 5.16. The number of allylic oxidation sites excluding steroid dienone is 1. The van der Waals surface area contributed by atoms with Gasteiger partial charge in [0.2, 0.25) is 0 Å². The minimum absolute atomic E-state index is 0.736. The van der Waals surface area contributed by atoms with E-state index in [1.165, 1.54) is 56.9 Å². The molecule has 0 heterocycles. The van der Waals surface area contributed by atoms with Crippen LogP contribution < -0.4 is 5.32 Å². The molecule has 1 aliphatic carbocycles. The highest BCUT2D eigenvalue weighted by Gasteiger charge is 2.21. The molecule has 1 rings (SSSR count). The van der Waals surface area contributed by atoms with Crippen molar-refractivity contribution in [2.24, 2.45) is 5.92 Å². The van der Waals surface area contributed by atoms with E-state index in [4.69, 9.17) is 0 Å². The van der Waals surface area contributed by atoms with Crippen LogP contribution in [-0.2, 0) is 0 Å². The van der Waals surface area contributed by atoms with Crippen LogP contribution >= 0.6 is 0 Å². The molecular weight excluding hydrogens is 194 g/mol. The molecule has 0 radical (unpaired) electrons. The minimum atomic E-state index is 0.736. The van der Waals surface area contributed by atoms with Gasteiger partial charge in [0.25, 0.3) is 0 Å². The van der Waals surface area contributed by atoms with E-state index in [9.17, 15) is 0 Å². The second-order valence-electron chi connectivity index (χ2n) is 5.41. The predicted octanol–water partition coefficient (Wildman–Crippen LogP) is 4.29. The van der Waals surface area contributed by atoms with E-state index < -0.39 is 0 Å². The van der Waals surface area contributed by atoms with E-state index in [0.29, 0.717) is 0 Å². The van der Waals surface area contributed by atoms with Crippen molar-refractivity contribution < 1.29 is 0 Å². The van der Waals surface area contributed by atoms with Gasteiger partial charge in [-0.15, -0.1) is 6.58 Å². The molecule has 1 atom stereocenters. The average Bonchev–Trinajstić information content (AvgIpc) is 2.52. The molecule has 0 aromatic rings. The number of hydrogen-bond donors (Lipinski definition) is 1. The second kappa shape index (κ2) is 7.89. The Hall–Kier alpha value is -0.300. The van der Waals surface area contributed by atoms with Crippen molar-refractivity contribution in [2.75, 3.05) is 6.54 Å². The van der Waals surface area contributed by atoms with Crippen LogP contribution in [0.15, 0.2) is 12.2 Å². The van der Waals surface area contributed by atoms with E-state index in [2.05, 4.69) is 25.7 Å². The molecule has 0 aliphatic heterocycles. The monoisotopic (exact) mass is 223 g/mol. The molecule has 1 saturated carbocycles. The van der Waals surface area contributed by atoms with Gasteiger partial charge in [0.1, 0.15) is 0 Å². The van der Waals surface area contributed by atoms with Gasteiger partial charge in [0, 0.05) is 6.04 Å². The van der Waals surface area contributed by atoms with Crippen LogP contribution in [0.3, 0.4) is 0 Å². The summed E-state index contributed by atoms with van der Waals surface area (Å²) in [7, 11) is 0. The molecule has 0 aromatic heterocycles. The molecule has 0 saturated heterocycles. The summed E-state index contributed by atoms with van der Waals surface area (Å²) in [6.07, 6.45) is 11.1. The summed E-state index contributed by atoms with van der Waals surface area (Å²) < 4.78 is 0. The van der Waals surface area contributed by atoms with Gasteiger partial charge in [-0.25, -0.2) is 0 Å². The Labute approximate surface area is 102 Å². The molecule has 1 nitrogen and oxygen atoms in total. The number of rotatable bonds is 6. The van der Waals surface area contributed by atoms with Gasteiger partial charge in [0.05, 0.1) is 0 Å². The molecule has 1 N–H and O–H groups in total. The third-order valence-corrected chi connectivity index (χ3v) is 3.82. The maximum Gasteiger partial charge on any atom is 0.00982 e. The van der Waals surface area contributed by atoms with Crippen molar-refractivity contribution in [3.05, 3.63) is 12.2 Å². The Balaban J connectivity index is 2.42. The Morgan fingerprint density at radius 3 is 2.38 bits per heavy atom. The summed E-state index contributed by atoms with van der Waals surface area (Å²) in [5, 5.41) is 3.69. The van der Waals surface area contributed by atoms with Crippen LogP contribution in [0.1, 0.15) is 65.2 Å². The van der Waals surface area contributed by atoms with Gasteiger partial charge in [-0.1, -0.05) is 38.2 Å². The van der Waals surface area contributed by atoms with Crippen molar-refractivity contribution in [3.63, 3.8) is 0 Å². The molecule has 16 heavy (non-hydrogen) atoms. The Morgan fingerprint density at radius 1 is 1.25 bits per heavy atom. The highest BCUT2D eigenvalue weighted by molar-refractivity contribution is 4.90. The average molecular weight is 223 g/mol. The normalized spacial score (nSPS) is 20.4. The van der Waals surface area contributed by atoms with E-state index in [1.54, 1.807) is 0 Å². The summed E-state index contributed by atoms with van der Waals surface area (Å²) in [4.78, 5) is 0. The fourth-order valence-corrected chi connectivity index (χ4v) is 2.88. The first kappa shape index (κ1) is 13.8. The van der Waals surface area contributed by atoms with Crippen molar-refractivity contribution in [1.29, 1.82) is 0 Å². The van der Waals surface area contributed by atoms with Crippen LogP contribution in [0.2, 0.25) is 0 Å². The van der Waals surface area contributed by atoms with Gasteiger partial charge in [-0.2, -0.15) is 0 Å². The molecule has 0 spiro atoms. The molecule has 1 heteroatoms. The van der Waals surface area contributed by atoms with Gasteiger partial charge >= 0.3 is 0 Å². The molecule has 1 unspecified atom stereocenters. The molecule has 94 valence electrons. The van der Waals surface area contributed by atoms with E-state index in [0.717, 1.165) is 18.5 Å². The number of hydrogen-bond acceptors (Lipinski definition) is 1. The van der Waals surface area contributed by atoms with Crippen molar-refractivity contribution in [1.82, 2.24) is 5.32 Å². The SMILES string of the molecule is C=C(C)CCC(NCC)C1CCCCCC1. The van der Waals surface area contributed by atoms with Gasteiger partial charge < -0.3 is 5.32 Å². The second-order valence-corrected chi connectivity index (χ2v) is 5.41. The highest BCUT2D eigenvalue weighted by atomic mass is 14.9.